The molecular formula is C14H21BrN2O3. The van der Waals surface area contributed by atoms with Crippen molar-refractivity contribution < 1.29 is 14.3 Å². The number of rotatable bonds is 6. The standard InChI is InChI=1S/C14H21BrN2O3/c1-9(20-10(2)15)13(18)17-12(14(19)16-3)11-7-5-4-6-8-11/h11-12H,1-2,4-8H2,3H3,(H,16,19)(H,17,18)/t12-/m0/s1. The third-order valence-electron chi connectivity index (χ3n) is 3.42. The maximum Gasteiger partial charge on any atom is 0.287 e. The molecule has 1 aliphatic rings. The van der Waals surface area contributed by atoms with Crippen LogP contribution < -0.4 is 10.6 Å². The number of hydrogen-bond acceptors (Lipinski definition) is 3. The number of likely N-dealkylation sites (N-methyl/N-ethyl adjacent to an activating group) is 1. The second kappa shape index (κ2) is 8.09. The van der Waals surface area contributed by atoms with Crippen LogP contribution in [0.15, 0.2) is 23.6 Å². The lowest BCUT2D eigenvalue weighted by Crippen LogP contribution is -2.51. The number of hydrogen-bond donors (Lipinski definition) is 2. The molecule has 0 aromatic carbocycles. The van der Waals surface area contributed by atoms with Crippen molar-refractivity contribution in [1.82, 2.24) is 10.6 Å². The average molecular weight is 345 g/mol. The minimum atomic E-state index is -0.545. The van der Waals surface area contributed by atoms with Crippen molar-refractivity contribution in [2.45, 2.75) is 38.1 Å². The first-order valence-corrected chi connectivity index (χ1v) is 7.48. The normalized spacial score (nSPS) is 16.9. The summed E-state index contributed by atoms with van der Waals surface area (Å²) in [4.78, 5) is 23.9. The molecule has 0 bridgehead atoms. The van der Waals surface area contributed by atoms with E-state index >= 15 is 0 Å². The van der Waals surface area contributed by atoms with Crippen molar-refractivity contribution >= 4 is 27.7 Å². The Kier molecular flexibility index (Phi) is 6.78. The van der Waals surface area contributed by atoms with E-state index < -0.39 is 11.9 Å². The monoisotopic (exact) mass is 344 g/mol. The Morgan fingerprint density at radius 3 is 2.35 bits per heavy atom. The topological polar surface area (TPSA) is 67.4 Å². The summed E-state index contributed by atoms with van der Waals surface area (Å²) in [7, 11) is 1.57. The maximum absolute atomic E-state index is 12.0. The number of halogens is 1. The summed E-state index contributed by atoms with van der Waals surface area (Å²) in [6, 6.07) is -0.545. The highest BCUT2D eigenvalue weighted by Gasteiger charge is 2.31. The number of nitrogens with one attached hydrogen (secondary N) is 2. The van der Waals surface area contributed by atoms with Gasteiger partial charge in [0.1, 0.15) is 6.04 Å². The van der Waals surface area contributed by atoms with Gasteiger partial charge in [-0.3, -0.25) is 9.59 Å². The van der Waals surface area contributed by atoms with E-state index in [4.69, 9.17) is 4.74 Å². The van der Waals surface area contributed by atoms with Crippen LogP contribution in [0, 0.1) is 5.92 Å². The smallest absolute Gasteiger partial charge is 0.287 e. The van der Waals surface area contributed by atoms with Crippen molar-refractivity contribution in [2.75, 3.05) is 7.05 Å². The van der Waals surface area contributed by atoms with Crippen LogP contribution in [0.3, 0.4) is 0 Å². The van der Waals surface area contributed by atoms with Crippen LogP contribution in [0.5, 0.6) is 0 Å². The summed E-state index contributed by atoms with van der Waals surface area (Å²) in [6.45, 7) is 6.99. The molecule has 0 spiro atoms. The van der Waals surface area contributed by atoms with Crippen molar-refractivity contribution in [2.24, 2.45) is 5.92 Å². The van der Waals surface area contributed by atoms with Gasteiger partial charge in [-0.2, -0.15) is 0 Å². The van der Waals surface area contributed by atoms with Gasteiger partial charge in [0.05, 0.1) is 0 Å². The second-order valence-corrected chi connectivity index (χ2v) is 5.73. The molecule has 5 nitrogen and oxygen atoms in total. The fourth-order valence-electron chi connectivity index (χ4n) is 2.42. The molecule has 1 atom stereocenters. The molecular weight excluding hydrogens is 324 g/mol. The van der Waals surface area contributed by atoms with Crippen molar-refractivity contribution in [1.29, 1.82) is 0 Å². The van der Waals surface area contributed by atoms with Crippen LogP contribution in [-0.4, -0.2) is 24.9 Å². The Balaban J connectivity index is 2.69. The van der Waals surface area contributed by atoms with E-state index in [9.17, 15) is 9.59 Å². The molecule has 0 aliphatic heterocycles. The van der Waals surface area contributed by atoms with Gasteiger partial charge >= 0.3 is 0 Å². The molecule has 0 saturated heterocycles. The predicted molar refractivity (Wildman–Crippen MR) is 80.9 cm³/mol. The molecule has 6 heteroatoms. The van der Waals surface area contributed by atoms with Gasteiger partial charge in [-0.05, 0) is 41.3 Å². The number of amides is 2. The zero-order valence-corrected chi connectivity index (χ0v) is 13.3. The summed E-state index contributed by atoms with van der Waals surface area (Å²) in [6.07, 6.45) is 5.24. The Morgan fingerprint density at radius 2 is 1.85 bits per heavy atom. The molecule has 2 amide bonds. The van der Waals surface area contributed by atoms with Crippen LogP contribution in [0.4, 0.5) is 0 Å². The van der Waals surface area contributed by atoms with Crippen LogP contribution in [0.25, 0.3) is 0 Å². The van der Waals surface area contributed by atoms with Gasteiger partial charge in [0.25, 0.3) is 5.91 Å². The first kappa shape index (κ1) is 16.8. The highest BCUT2D eigenvalue weighted by molar-refractivity contribution is 9.11. The number of carbonyl (C=O) groups is 2. The predicted octanol–water partition coefficient (Wildman–Crippen LogP) is 2.19. The SMILES string of the molecule is C=C(Br)OC(=C)C(=O)N[C@H](C(=O)NC)C1CCCCC1. The summed E-state index contributed by atoms with van der Waals surface area (Å²) in [5, 5.41) is 5.30. The molecule has 0 unspecified atom stereocenters. The molecule has 0 aromatic heterocycles. The molecule has 112 valence electrons. The summed E-state index contributed by atoms with van der Waals surface area (Å²) in [5.41, 5.74) is 0. The summed E-state index contributed by atoms with van der Waals surface area (Å²) < 4.78 is 5.20. The molecule has 1 aliphatic carbocycles. The van der Waals surface area contributed by atoms with Gasteiger partial charge in [0.2, 0.25) is 5.91 Å². The first-order chi connectivity index (χ1) is 9.45. The van der Waals surface area contributed by atoms with E-state index in [-0.39, 0.29) is 22.3 Å². The molecule has 1 saturated carbocycles. The fraction of sp³-hybridized carbons (Fsp3) is 0.571. The van der Waals surface area contributed by atoms with Gasteiger partial charge in [-0.1, -0.05) is 25.8 Å². The first-order valence-electron chi connectivity index (χ1n) is 6.69. The lowest BCUT2D eigenvalue weighted by molar-refractivity contribution is -0.129. The minimum absolute atomic E-state index is 0.0865. The Morgan fingerprint density at radius 1 is 1.25 bits per heavy atom. The Labute approximate surface area is 128 Å². The highest BCUT2D eigenvalue weighted by atomic mass is 79.9. The molecule has 2 N–H and O–H groups in total. The second-order valence-electron chi connectivity index (χ2n) is 4.84. The highest BCUT2D eigenvalue weighted by Crippen LogP contribution is 2.26. The van der Waals surface area contributed by atoms with E-state index in [0.29, 0.717) is 0 Å². The van der Waals surface area contributed by atoms with Gasteiger partial charge in [-0.25, -0.2) is 0 Å². The van der Waals surface area contributed by atoms with Crippen LogP contribution in [0.2, 0.25) is 0 Å². The lowest BCUT2D eigenvalue weighted by Gasteiger charge is -2.29. The molecule has 1 rings (SSSR count). The molecule has 0 aromatic rings. The van der Waals surface area contributed by atoms with Gasteiger partial charge in [0.15, 0.2) is 10.4 Å². The molecule has 20 heavy (non-hydrogen) atoms. The molecule has 0 heterocycles. The Hall–Kier alpha value is -1.30. The van der Waals surface area contributed by atoms with Gasteiger partial charge in [-0.15, -0.1) is 0 Å². The molecule has 1 fully saturated rings. The number of ether oxygens (including phenoxy) is 1. The summed E-state index contributed by atoms with van der Waals surface area (Å²) in [5.74, 6) is -0.607. The third-order valence-corrected chi connectivity index (χ3v) is 3.59. The Bertz CT molecular complexity index is 403. The fourth-order valence-corrected chi connectivity index (χ4v) is 2.62. The van der Waals surface area contributed by atoms with E-state index in [2.05, 4.69) is 39.7 Å². The summed E-state index contributed by atoms with van der Waals surface area (Å²) >= 11 is 2.99. The van der Waals surface area contributed by atoms with Crippen LogP contribution >= 0.6 is 15.9 Å². The quantitative estimate of drug-likeness (QED) is 0.573. The molecule has 0 radical (unpaired) electrons. The largest absolute Gasteiger partial charge is 0.445 e. The van der Waals surface area contributed by atoms with Crippen molar-refractivity contribution in [3.63, 3.8) is 0 Å². The van der Waals surface area contributed by atoms with Crippen molar-refractivity contribution in [3.05, 3.63) is 23.6 Å². The van der Waals surface area contributed by atoms with Gasteiger partial charge in [0, 0.05) is 7.05 Å². The maximum atomic E-state index is 12.0. The van der Waals surface area contributed by atoms with E-state index in [1.165, 1.54) is 6.42 Å². The van der Waals surface area contributed by atoms with Crippen molar-refractivity contribution in [3.8, 4) is 0 Å². The zero-order chi connectivity index (χ0) is 15.1. The third kappa shape index (κ3) is 5.00. The van der Waals surface area contributed by atoms with E-state index in [0.717, 1.165) is 25.7 Å². The minimum Gasteiger partial charge on any atom is -0.445 e. The average Bonchev–Trinajstić information content (AvgIpc) is 2.43. The van der Waals surface area contributed by atoms with Crippen LogP contribution in [-0.2, 0) is 14.3 Å². The van der Waals surface area contributed by atoms with E-state index in [1.807, 2.05) is 0 Å². The zero-order valence-electron chi connectivity index (χ0n) is 11.7. The lowest BCUT2D eigenvalue weighted by atomic mass is 9.83. The number of carbonyl (C=O) groups excluding carboxylic acids is 2. The van der Waals surface area contributed by atoms with E-state index in [1.54, 1.807) is 7.05 Å². The van der Waals surface area contributed by atoms with Gasteiger partial charge < -0.3 is 15.4 Å². The van der Waals surface area contributed by atoms with Crippen LogP contribution in [0.1, 0.15) is 32.1 Å².